The predicted molar refractivity (Wildman–Crippen MR) is 95.7 cm³/mol. The van der Waals surface area contributed by atoms with Crippen molar-refractivity contribution in [3.05, 3.63) is 83.7 Å². The lowest BCUT2D eigenvalue weighted by Gasteiger charge is -2.19. The van der Waals surface area contributed by atoms with Crippen molar-refractivity contribution in [2.45, 2.75) is 13.3 Å². The largest absolute Gasteiger partial charge is 0.342 e. The summed E-state index contributed by atoms with van der Waals surface area (Å²) in [5, 5.41) is 0. The molecule has 0 saturated carbocycles. The van der Waals surface area contributed by atoms with E-state index in [0.29, 0.717) is 11.1 Å². The number of ketones is 1. The fraction of sp³-hybridized carbons (Fsp3) is 0.150. The van der Waals surface area contributed by atoms with E-state index in [4.69, 9.17) is 0 Å². The van der Waals surface area contributed by atoms with Crippen LogP contribution in [0.3, 0.4) is 0 Å². The minimum absolute atomic E-state index is 0.0161. The van der Waals surface area contributed by atoms with Crippen LogP contribution in [0.2, 0.25) is 0 Å². The fourth-order valence-corrected chi connectivity index (χ4v) is 2.61. The molecule has 0 bridgehead atoms. The molecule has 25 heavy (non-hydrogen) atoms. The number of rotatable bonds is 5. The molecule has 0 aliphatic heterocycles. The molecule has 0 spiro atoms. The highest BCUT2D eigenvalue weighted by molar-refractivity contribution is 5.97. The van der Waals surface area contributed by atoms with Gasteiger partial charge in [-0.25, -0.2) is 14.4 Å². The van der Waals surface area contributed by atoms with Crippen LogP contribution >= 0.6 is 0 Å². The molecule has 0 aliphatic carbocycles. The highest BCUT2D eigenvalue weighted by Gasteiger charge is 2.13. The monoisotopic (exact) mass is 335 g/mol. The number of carbonyl (C=O) groups excluding carboxylic acids is 1. The van der Waals surface area contributed by atoms with Crippen LogP contribution in [0.25, 0.3) is 0 Å². The Morgan fingerprint density at radius 1 is 1.08 bits per heavy atom. The van der Waals surface area contributed by atoms with Crippen LogP contribution < -0.4 is 4.90 Å². The number of halogens is 1. The van der Waals surface area contributed by atoms with Crippen molar-refractivity contribution in [1.29, 1.82) is 0 Å². The molecule has 3 rings (SSSR count). The lowest BCUT2D eigenvalue weighted by atomic mass is 10.0. The average Bonchev–Trinajstić information content (AvgIpc) is 2.63. The van der Waals surface area contributed by atoms with Gasteiger partial charge in [0.25, 0.3) is 0 Å². The summed E-state index contributed by atoms with van der Waals surface area (Å²) in [5.74, 6) is -0.493. The van der Waals surface area contributed by atoms with Crippen LogP contribution in [-0.2, 0) is 6.42 Å². The summed E-state index contributed by atoms with van der Waals surface area (Å²) in [6, 6.07) is 12.1. The first-order valence-corrected chi connectivity index (χ1v) is 7.91. The molecule has 0 N–H and O–H groups in total. The molecule has 126 valence electrons. The Morgan fingerprint density at radius 2 is 1.84 bits per heavy atom. The lowest BCUT2D eigenvalue weighted by molar-refractivity contribution is 0.0991. The second-order valence-corrected chi connectivity index (χ2v) is 5.90. The highest BCUT2D eigenvalue weighted by atomic mass is 19.1. The van der Waals surface area contributed by atoms with Crippen molar-refractivity contribution in [1.82, 2.24) is 9.97 Å². The summed E-state index contributed by atoms with van der Waals surface area (Å²) in [6.07, 6.45) is 4.82. The summed E-state index contributed by atoms with van der Waals surface area (Å²) in [6.45, 7) is 1.93. The molecule has 0 aliphatic rings. The van der Waals surface area contributed by atoms with E-state index in [0.717, 1.165) is 16.9 Å². The predicted octanol–water partition coefficient (Wildman–Crippen LogP) is 4.12. The van der Waals surface area contributed by atoms with Crippen molar-refractivity contribution >= 4 is 17.2 Å². The van der Waals surface area contributed by atoms with Gasteiger partial charge in [-0.1, -0.05) is 23.8 Å². The standard InChI is InChI=1S/C20H18FN3O/c1-14-4-3-5-15(8-14)20(25)10-16-9-17(6-7-19(16)21)24(2)18-11-22-13-23-12-18/h3-9,11-13H,10H2,1-2H3. The Labute approximate surface area is 146 Å². The number of hydrogen-bond donors (Lipinski definition) is 0. The van der Waals surface area contributed by atoms with Crippen molar-refractivity contribution in [2.24, 2.45) is 0 Å². The topological polar surface area (TPSA) is 46.1 Å². The second-order valence-electron chi connectivity index (χ2n) is 5.90. The number of Topliss-reactive ketones (excluding diaryl/α,β-unsaturated/α-hetero) is 1. The maximum Gasteiger partial charge on any atom is 0.167 e. The molecule has 1 heterocycles. The van der Waals surface area contributed by atoms with Gasteiger partial charge in [-0.2, -0.15) is 0 Å². The Balaban J connectivity index is 1.86. The molecule has 0 unspecified atom stereocenters. The Hall–Kier alpha value is -3.08. The molecule has 0 radical (unpaired) electrons. The molecule has 3 aromatic rings. The normalized spacial score (nSPS) is 10.5. The molecule has 0 saturated heterocycles. The van der Waals surface area contributed by atoms with Gasteiger partial charge in [0, 0.05) is 24.7 Å². The number of carbonyl (C=O) groups is 1. The first kappa shape index (κ1) is 16.8. The number of benzene rings is 2. The van der Waals surface area contributed by atoms with Gasteiger partial charge in [0.1, 0.15) is 12.1 Å². The highest BCUT2D eigenvalue weighted by Crippen LogP contribution is 2.25. The van der Waals surface area contributed by atoms with E-state index >= 15 is 0 Å². The van der Waals surface area contributed by atoms with E-state index < -0.39 is 0 Å². The summed E-state index contributed by atoms with van der Waals surface area (Å²) in [4.78, 5) is 22.3. The molecule has 2 aromatic carbocycles. The van der Waals surface area contributed by atoms with Crippen LogP contribution in [0.4, 0.5) is 15.8 Å². The quantitative estimate of drug-likeness (QED) is 0.658. The number of hydrogen-bond acceptors (Lipinski definition) is 4. The van der Waals surface area contributed by atoms with Crippen LogP contribution in [0.15, 0.2) is 61.2 Å². The summed E-state index contributed by atoms with van der Waals surface area (Å²) < 4.78 is 14.2. The maximum atomic E-state index is 14.2. The molecule has 0 amide bonds. The van der Waals surface area contributed by atoms with Gasteiger partial charge in [0.2, 0.25) is 0 Å². The van der Waals surface area contributed by atoms with E-state index in [1.54, 1.807) is 30.6 Å². The minimum atomic E-state index is -0.387. The maximum absolute atomic E-state index is 14.2. The molecule has 0 atom stereocenters. The summed E-state index contributed by atoms with van der Waals surface area (Å²) >= 11 is 0. The zero-order chi connectivity index (χ0) is 17.8. The third-order valence-electron chi connectivity index (χ3n) is 4.04. The van der Waals surface area contributed by atoms with Crippen LogP contribution in [0, 0.1) is 12.7 Å². The number of aryl methyl sites for hydroxylation is 1. The summed E-state index contributed by atoms with van der Waals surface area (Å²) in [5.41, 5.74) is 3.51. The second kappa shape index (κ2) is 7.21. The van der Waals surface area contributed by atoms with E-state index in [-0.39, 0.29) is 18.0 Å². The van der Waals surface area contributed by atoms with Crippen molar-refractivity contribution in [3.63, 3.8) is 0 Å². The first-order chi connectivity index (χ1) is 12.0. The van der Waals surface area contributed by atoms with Crippen LogP contribution in [0.1, 0.15) is 21.5 Å². The first-order valence-electron chi connectivity index (χ1n) is 7.91. The summed E-state index contributed by atoms with van der Waals surface area (Å²) in [7, 11) is 1.85. The van der Waals surface area contributed by atoms with Crippen molar-refractivity contribution < 1.29 is 9.18 Å². The molecule has 5 heteroatoms. The van der Waals surface area contributed by atoms with Gasteiger partial charge >= 0.3 is 0 Å². The molecule has 0 fully saturated rings. The Morgan fingerprint density at radius 3 is 2.56 bits per heavy atom. The zero-order valence-electron chi connectivity index (χ0n) is 14.1. The SMILES string of the molecule is Cc1cccc(C(=O)Cc2cc(N(C)c3cncnc3)ccc2F)c1. The number of nitrogens with zero attached hydrogens (tertiary/aromatic N) is 3. The van der Waals surface area contributed by atoms with Gasteiger partial charge in [-0.05, 0) is 36.8 Å². The number of aromatic nitrogens is 2. The molecular weight excluding hydrogens is 317 g/mol. The fourth-order valence-electron chi connectivity index (χ4n) is 2.61. The lowest BCUT2D eigenvalue weighted by Crippen LogP contribution is -2.12. The minimum Gasteiger partial charge on any atom is -0.342 e. The van der Waals surface area contributed by atoms with Gasteiger partial charge in [0.15, 0.2) is 5.78 Å². The van der Waals surface area contributed by atoms with E-state index in [1.807, 2.05) is 37.1 Å². The smallest absolute Gasteiger partial charge is 0.167 e. The third kappa shape index (κ3) is 3.88. The number of anilines is 2. The average molecular weight is 335 g/mol. The van der Waals surface area contributed by atoms with Gasteiger partial charge in [-0.3, -0.25) is 4.79 Å². The molecular formula is C20H18FN3O. The van der Waals surface area contributed by atoms with E-state index in [1.165, 1.54) is 12.4 Å². The van der Waals surface area contributed by atoms with Gasteiger partial charge < -0.3 is 4.90 Å². The van der Waals surface area contributed by atoms with Crippen LogP contribution in [0.5, 0.6) is 0 Å². The van der Waals surface area contributed by atoms with Gasteiger partial charge in [-0.15, -0.1) is 0 Å². The van der Waals surface area contributed by atoms with Crippen molar-refractivity contribution in [2.75, 3.05) is 11.9 Å². The van der Waals surface area contributed by atoms with E-state index in [9.17, 15) is 9.18 Å². The third-order valence-corrected chi connectivity index (χ3v) is 4.04. The van der Waals surface area contributed by atoms with Crippen molar-refractivity contribution in [3.8, 4) is 0 Å². The van der Waals surface area contributed by atoms with Gasteiger partial charge in [0.05, 0.1) is 18.1 Å². The van der Waals surface area contributed by atoms with Crippen LogP contribution in [-0.4, -0.2) is 22.8 Å². The Bertz CT molecular complexity index is 896. The molecule has 4 nitrogen and oxygen atoms in total. The Kier molecular flexibility index (Phi) is 4.84. The van der Waals surface area contributed by atoms with E-state index in [2.05, 4.69) is 9.97 Å². The molecule has 1 aromatic heterocycles. The zero-order valence-corrected chi connectivity index (χ0v) is 14.1.